The first-order valence-electron chi connectivity index (χ1n) is 7.86. The molecule has 1 aromatic heterocycles. The van der Waals surface area contributed by atoms with E-state index in [0.717, 1.165) is 49.1 Å². The monoisotopic (exact) mass is 367 g/mol. The van der Waals surface area contributed by atoms with E-state index in [1.54, 1.807) is 6.07 Å². The molecular formula is C17H23Cl2N5. The lowest BCUT2D eigenvalue weighted by atomic mass is 10.1. The molecule has 0 aliphatic carbocycles. The molecule has 7 heteroatoms. The highest BCUT2D eigenvalue weighted by molar-refractivity contribution is 6.35. The molecule has 0 saturated heterocycles. The molecule has 2 N–H and O–H groups in total. The van der Waals surface area contributed by atoms with E-state index in [1.807, 2.05) is 39.2 Å². The maximum Gasteiger partial charge on any atom is 0.131 e. The van der Waals surface area contributed by atoms with Gasteiger partial charge in [0.25, 0.3) is 0 Å². The van der Waals surface area contributed by atoms with Gasteiger partial charge in [-0.1, -0.05) is 29.3 Å². The normalized spacial score (nSPS) is 10.9. The number of aromatic nitrogens is 2. The first-order valence-corrected chi connectivity index (χ1v) is 8.62. The van der Waals surface area contributed by atoms with E-state index >= 15 is 0 Å². The van der Waals surface area contributed by atoms with Gasteiger partial charge in [0.1, 0.15) is 17.5 Å². The zero-order chi connectivity index (χ0) is 17.5. The Kier molecular flexibility index (Phi) is 7.09. The lowest BCUT2D eigenvalue weighted by Gasteiger charge is -2.13. The molecular weight excluding hydrogens is 345 g/mol. The van der Waals surface area contributed by atoms with Gasteiger partial charge in [0, 0.05) is 35.7 Å². The summed E-state index contributed by atoms with van der Waals surface area (Å²) in [6.45, 7) is 4.40. The second-order valence-electron chi connectivity index (χ2n) is 5.83. The molecule has 1 aromatic carbocycles. The summed E-state index contributed by atoms with van der Waals surface area (Å²) in [5.41, 5.74) is 1.06. The van der Waals surface area contributed by atoms with Crippen LogP contribution in [0.25, 0.3) is 0 Å². The topological polar surface area (TPSA) is 53.1 Å². The van der Waals surface area contributed by atoms with Gasteiger partial charge in [-0.15, -0.1) is 0 Å². The highest BCUT2D eigenvalue weighted by Crippen LogP contribution is 2.21. The summed E-state index contributed by atoms with van der Waals surface area (Å²) in [5.74, 6) is 2.37. The summed E-state index contributed by atoms with van der Waals surface area (Å²) in [6.07, 6.45) is 0.794. The van der Waals surface area contributed by atoms with E-state index in [-0.39, 0.29) is 0 Å². The Bertz CT molecular complexity index is 676. The van der Waals surface area contributed by atoms with E-state index < -0.39 is 0 Å². The van der Waals surface area contributed by atoms with Crippen molar-refractivity contribution >= 4 is 34.8 Å². The number of nitrogens with one attached hydrogen (secondary N) is 2. The van der Waals surface area contributed by atoms with Gasteiger partial charge < -0.3 is 15.5 Å². The number of hydrogen-bond acceptors (Lipinski definition) is 5. The molecule has 130 valence electrons. The molecule has 0 fully saturated rings. The number of benzene rings is 1. The average Bonchev–Trinajstić information content (AvgIpc) is 2.48. The van der Waals surface area contributed by atoms with Gasteiger partial charge in [0.15, 0.2) is 0 Å². The molecule has 0 radical (unpaired) electrons. The van der Waals surface area contributed by atoms with Gasteiger partial charge >= 0.3 is 0 Å². The maximum atomic E-state index is 6.19. The van der Waals surface area contributed by atoms with Gasteiger partial charge in [-0.3, -0.25) is 0 Å². The minimum absolute atomic E-state index is 0.650. The molecule has 1 heterocycles. The molecule has 0 aliphatic heterocycles. The Labute approximate surface area is 153 Å². The quantitative estimate of drug-likeness (QED) is 0.744. The van der Waals surface area contributed by atoms with Crippen molar-refractivity contribution in [2.45, 2.75) is 13.3 Å². The van der Waals surface area contributed by atoms with Gasteiger partial charge in [-0.05, 0) is 45.1 Å². The van der Waals surface area contributed by atoms with Crippen molar-refractivity contribution in [2.24, 2.45) is 0 Å². The second kappa shape index (κ2) is 9.06. The smallest absolute Gasteiger partial charge is 0.131 e. The van der Waals surface area contributed by atoms with Crippen molar-refractivity contribution < 1.29 is 0 Å². The van der Waals surface area contributed by atoms with E-state index in [9.17, 15) is 0 Å². The summed E-state index contributed by atoms with van der Waals surface area (Å²) in [6, 6.07) is 7.49. The van der Waals surface area contributed by atoms with Crippen LogP contribution in [0.2, 0.25) is 10.0 Å². The first-order chi connectivity index (χ1) is 11.4. The van der Waals surface area contributed by atoms with Gasteiger partial charge in [0.2, 0.25) is 0 Å². The summed E-state index contributed by atoms with van der Waals surface area (Å²) in [7, 11) is 4.09. The molecule has 0 unspecified atom stereocenters. The summed E-state index contributed by atoms with van der Waals surface area (Å²) in [5, 5.41) is 7.97. The standard InChI is InChI=1S/C17H23Cl2N5/c1-12-22-16(11-17(23-12)21-8-9-24(2)3)20-7-6-13-4-5-14(18)10-15(13)19/h4-5,10-11H,6-9H2,1-3H3,(H2,20,21,22,23). The van der Waals surface area contributed by atoms with Crippen molar-refractivity contribution in [1.29, 1.82) is 0 Å². The second-order valence-corrected chi connectivity index (χ2v) is 6.67. The summed E-state index contributed by atoms with van der Waals surface area (Å²) in [4.78, 5) is 10.9. The highest BCUT2D eigenvalue weighted by Gasteiger charge is 2.04. The Balaban J connectivity index is 1.90. The molecule has 0 spiro atoms. The Morgan fingerprint density at radius 2 is 1.67 bits per heavy atom. The molecule has 0 aliphatic rings. The number of likely N-dealkylation sites (N-methyl/N-ethyl adjacent to an activating group) is 1. The molecule has 24 heavy (non-hydrogen) atoms. The van der Waals surface area contributed by atoms with E-state index in [2.05, 4.69) is 25.5 Å². The third-order valence-electron chi connectivity index (χ3n) is 3.42. The fourth-order valence-corrected chi connectivity index (χ4v) is 2.71. The number of halogens is 2. The third-order valence-corrected chi connectivity index (χ3v) is 4.01. The number of anilines is 2. The lowest BCUT2D eigenvalue weighted by Crippen LogP contribution is -2.21. The lowest BCUT2D eigenvalue weighted by molar-refractivity contribution is 0.425. The predicted octanol–water partition coefficient (Wildman–Crippen LogP) is 3.72. The maximum absolute atomic E-state index is 6.19. The fourth-order valence-electron chi connectivity index (χ4n) is 2.21. The van der Waals surface area contributed by atoms with Crippen LogP contribution in [0.1, 0.15) is 11.4 Å². The average molecular weight is 368 g/mol. The largest absolute Gasteiger partial charge is 0.370 e. The van der Waals surface area contributed by atoms with Gasteiger partial charge in [0.05, 0.1) is 0 Å². The molecule has 0 atom stereocenters. The van der Waals surface area contributed by atoms with Crippen LogP contribution in [-0.2, 0) is 6.42 Å². The molecule has 5 nitrogen and oxygen atoms in total. The van der Waals surface area contributed by atoms with E-state index in [0.29, 0.717) is 10.0 Å². The van der Waals surface area contributed by atoms with Crippen molar-refractivity contribution in [3.63, 3.8) is 0 Å². The minimum atomic E-state index is 0.650. The fraction of sp³-hybridized carbons (Fsp3) is 0.412. The van der Waals surface area contributed by atoms with Crippen LogP contribution in [-0.4, -0.2) is 48.6 Å². The van der Waals surface area contributed by atoms with Crippen molar-refractivity contribution in [1.82, 2.24) is 14.9 Å². The van der Waals surface area contributed by atoms with Crippen molar-refractivity contribution in [3.8, 4) is 0 Å². The van der Waals surface area contributed by atoms with Gasteiger partial charge in [-0.2, -0.15) is 0 Å². The highest BCUT2D eigenvalue weighted by atomic mass is 35.5. The minimum Gasteiger partial charge on any atom is -0.370 e. The van der Waals surface area contributed by atoms with Crippen LogP contribution in [0.3, 0.4) is 0 Å². The van der Waals surface area contributed by atoms with Crippen molar-refractivity contribution in [2.75, 3.05) is 44.4 Å². The van der Waals surface area contributed by atoms with Crippen molar-refractivity contribution in [3.05, 3.63) is 45.7 Å². The Morgan fingerprint density at radius 3 is 2.29 bits per heavy atom. The van der Waals surface area contributed by atoms with Crippen LogP contribution in [0.5, 0.6) is 0 Å². The number of hydrogen-bond donors (Lipinski definition) is 2. The van der Waals surface area contributed by atoms with Crippen LogP contribution >= 0.6 is 23.2 Å². The van der Waals surface area contributed by atoms with E-state index in [1.165, 1.54) is 0 Å². The predicted molar refractivity (Wildman–Crippen MR) is 102 cm³/mol. The summed E-state index contributed by atoms with van der Waals surface area (Å²) >= 11 is 12.1. The Morgan fingerprint density at radius 1 is 1.00 bits per heavy atom. The molecule has 0 amide bonds. The molecule has 2 aromatic rings. The van der Waals surface area contributed by atoms with Crippen LogP contribution < -0.4 is 10.6 Å². The molecule has 0 bridgehead atoms. The molecule has 0 saturated carbocycles. The third kappa shape index (κ3) is 6.15. The van der Waals surface area contributed by atoms with Gasteiger partial charge in [-0.25, -0.2) is 9.97 Å². The van der Waals surface area contributed by atoms with Crippen LogP contribution in [0.15, 0.2) is 24.3 Å². The first kappa shape index (κ1) is 18.8. The number of rotatable bonds is 8. The zero-order valence-electron chi connectivity index (χ0n) is 14.2. The van der Waals surface area contributed by atoms with Crippen LogP contribution in [0, 0.1) is 6.92 Å². The molecule has 2 rings (SSSR count). The number of nitrogens with zero attached hydrogens (tertiary/aromatic N) is 3. The Hall–Kier alpha value is -1.56. The summed E-state index contributed by atoms with van der Waals surface area (Å²) < 4.78 is 0. The number of aryl methyl sites for hydroxylation is 1. The SMILES string of the molecule is Cc1nc(NCCc2ccc(Cl)cc2Cl)cc(NCCN(C)C)n1. The zero-order valence-corrected chi connectivity index (χ0v) is 15.7. The van der Waals surface area contributed by atoms with Crippen LogP contribution in [0.4, 0.5) is 11.6 Å². The van der Waals surface area contributed by atoms with E-state index in [4.69, 9.17) is 23.2 Å².